The fourth-order valence-corrected chi connectivity index (χ4v) is 4.59. The minimum atomic E-state index is -0.320. The lowest BCUT2D eigenvalue weighted by molar-refractivity contribution is -0.143. The van der Waals surface area contributed by atoms with Gasteiger partial charge in [0, 0.05) is 29.7 Å². The van der Waals surface area contributed by atoms with E-state index in [0.717, 1.165) is 34.1 Å². The number of likely N-dealkylation sites (N-methyl/N-ethyl adjacent to an activating group) is 1. The minimum Gasteiger partial charge on any atom is -0.465 e. The van der Waals surface area contributed by atoms with Gasteiger partial charge in [-0.25, -0.2) is 4.39 Å². The number of fused-ring (bicyclic) bond motifs is 3. The molecule has 0 aliphatic heterocycles. The van der Waals surface area contributed by atoms with E-state index in [0.29, 0.717) is 26.1 Å². The molecule has 6 nitrogen and oxygen atoms in total. The van der Waals surface area contributed by atoms with E-state index in [4.69, 9.17) is 9.47 Å². The van der Waals surface area contributed by atoms with Gasteiger partial charge in [0.15, 0.2) is 0 Å². The molecular weight excluding hydrogens is 423 g/mol. The van der Waals surface area contributed by atoms with E-state index in [9.17, 15) is 14.0 Å². The van der Waals surface area contributed by atoms with Crippen molar-refractivity contribution in [3.05, 3.63) is 71.2 Å². The summed E-state index contributed by atoms with van der Waals surface area (Å²) in [5, 5.41) is 0.792. The maximum Gasteiger partial charge on any atom is 0.325 e. The van der Waals surface area contributed by atoms with Gasteiger partial charge in [-0.05, 0) is 55.5 Å². The predicted molar refractivity (Wildman–Crippen MR) is 123 cm³/mol. The second-order valence-electron chi connectivity index (χ2n) is 8.36. The Bertz CT molecular complexity index is 1140. The number of hydrogen-bond donors (Lipinski definition) is 0. The Morgan fingerprint density at radius 1 is 1.18 bits per heavy atom. The molecule has 0 unspecified atom stereocenters. The van der Waals surface area contributed by atoms with Crippen LogP contribution in [0.15, 0.2) is 48.5 Å². The zero-order valence-corrected chi connectivity index (χ0v) is 19.1. The van der Waals surface area contributed by atoms with Crippen LogP contribution in [0.3, 0.4) is 0 Å². The van der Waals surface area contributed by atoms with Crippen LogP contribution in [0.25, 0.3) is 10.9 Å². The van der Waals surface area contributed by atoms with Gasteiger partial charge in [-0.2, -0.15) is 0 Å². The van der Waals surface area contributed by atoms with E-state index >= 15 is 0 Å². The van der Waals surface area contributed by atoms with Crippen LogP contribution in [0, 0.1) is 5.82 Å². The first-order valence-corrected chi connectivity index (χ1v) is 11.3. The molecule has 1 atom stereocenters. The molecule has 1 aliphatic carbocycles. The van der Waals surface area contributed by atoms with E-state index in [-0.39, 0.29) is 36.9 Å². The molecule has 0 saturated carbocycles. The highest BCUT2D eigenvalue weighted by Crippen LogP contribution is 2.34. The summed E-state index contributed by atoms with van der Waals surface area (Å²) in [4.78, 5) is 26.7. The number of carbonyl (C=O) groups excluding carboxylic acids is 2. The highest BCUT2D eigenvalue weighted by molar-refractivity contribution is 5.87. The fourth-order valence-electron chi connectivity index (χ4n) is 4.59. The van der Waals surface area contributed by atoms with Crippen LogP contribution < -0.4 is 0 Å². The van der Waals surface area contributed by atoms with Crippen LogP contribution in [-0.2, 0) is 45.1 Å². The van der Waals surface area contributed by atoms with Gasteiger partial charge in [0.2, 0.25) is 5.91 Å². The van der Waals surface area contributed by atoms with Crippen LogP contribution in [0.4, 0.5) is 4.39 Å². The molecule has 4 rings (SSSR count). The van der Waals surface area contributed by atoms with Gasteiger partial charge in [-0.3, -0.25) is 9.59 Å². The average molecular weight is 453 g/mol. The van der Waals surface area contributed by atoms with Gasteiger partial charge in [-0.1, -0.05) is 30.3 Å². The van der Waals surface area contributed by atoms with Crippen LogP contribution in [0.1, 0.15) is 30.2 Å². The Hall–Kier alpha value is -3.19. The largest absolute Gasteiger partial charge is 0.465 e. The number of halogens is 1. The molecule has 1 aromatic heterocycles. The molecule has 3 aromatic rings. The van der Waals surface area contributed by atoms with E-state index in [1.807, 2.05) is 34.9 Å². The molecule has 0 N–H and O–H groups in total. The minimum absolute atomic E-state index is 0.00793. The van der Waals surface area contributed by atoms with E-state index < -0.39 is 0 Å². The van der Waals surface area contributed by atoms with Crippen molar-refractivity contribution in [3.63, 3.8) is 0 Å². The summed E-state index contributed by atoms with van der Waals surface area (Å²) in [5.74, 6) is -0.716. The Labute approximate surface area is 192 Å². The molecule has 0 saturated heterocycles. The lowest BCUT2D eigenvalue weighted by atomic mass is 9.90. The van der Waals surface area contributed by atoms with Crippen LogP contribution in [0.5, 0.6) is 0 Å². The lowest BCUT2D eigenvalue weighted by Crippen LogP contribution is -2.42. The van der Waals surface area contributed by atoms with Crippen molar-refractivity contribution in [2.45, 2.75) is 45.4 Å². The number of rotatable bonds is 8. The lowest BCUT2D eigenvalue weighted by Gasteiger charge is -2.32. The molecule has 174 valence electrons. The normalized spacial score (nSPS) is 15.3. The van der Waals surface area contributed by atoms with Crippen LogP contribution in [-0.4, -0.2) is 47.6 Å². The SMILES string of the molecule is CCOC(=O)Cn1c2c(c3cc(F)ccc31)C[C@@H](N(C)C(=O)COCc1ccccc1)CC2. The molecule has 1 aliphatic rings. The van der Waals surface area contributed by atoms with Crippen molar-refractivity contribution in [1.29, 1.82) is 0 Å². The van der Waals surface area contributed by atoms with Crippen molar-refractivity contribution < 1.29 is 23.5 Å². The Morgan fingerprint density at radius 2 is 1.97 bits per heavy atom. The number of ether oxygens (including phenoxy) is 2. The quantitative estimate of drug-likeness (QED) is 0.487. The third-order valence-corrected chi connectivity index (χ3v) is 6.27. The van der Waals surface area contributed by atoms with E-state index in [2.05, 4.69) is 0 Å². The zero-order valence-electron chi connectivity index (χ0n) is 19.1. The highest BCUT2D eigenvalue weighted by atomic mass is 19.1. The second kappa shape index (κ2) is 10.2. The molecule has 1 heterocycles. The molecule has 33 heavy (non-hydrogen) atoms. The maximum absolute atomic E-state index is 14.1. The van der Waals surface area contributed by atoms with Gasteiger partial charge in [0.25, 0.3) is 0 Å². The summed E-state index contributed by atoms with van der Waals surface area (Å²) in [6.07, 6.45) is 2.06. The maximum atomic E-state index is 14.1. The molecule has 0 spiro atoms. The molecule has 0 radical (unpaired) electrons. The molecule has 0 fully saturated rings. The first kappa shape index (κ1) is 23.0. The zero-order chi connectivity index (χ0) is 23.4. The fraction of sp³-hybridized carbons (Fsp3) is 0.385. The number of esters is 1. The van der Waals surface area contributed by atoms with Gasteiger partial charge in [0.1, 0.15) is 19.0 Å². The number of carbonyl (C=O) groups is 2. The van der Waals surface area contributed by atoms with Crippen molar-refractivity contribution >= 4 is 22.8 Å². The first-order chi connectivity index (χ1) is 16.0. The van der Waals surface area contributed by atoms with E-state index in [1.165, 1.54) is 12.1 Å². The average Bonchev–Trinajstić information content (AvgIpc) is 3.11. The molecule has 1 amide bonds. The van der Waals surface area contributed by atoms with Crippen molar-refractivity contribution in [2.24, 2.45) is 0 Å². The number of amides is 1. The molecule has 0 bridgehead atoms. The van der Waals surface area contributed by atoms with Crippen molar-refractivity contribution in [1.82, 2.24) is 9.47 Å². The van der Waals surface area contributed by atoms with Crippen molar-refractivity contribution in [3.8, 4) is 0 Å². The summed E-state index contributed by atoms with van der Waals surface area (Å²) in [5.41, 5.74) is 3.85. The number of benzene rings is 2. The summed E-state index contributed by atoms with van der Waals surface area (Å²) < 4.78 is 26.8. The summed E-state index contributed by atoms with van der Waals surface area (Å²) in [7, 11) is 1.79. The van der Waals surface area contributed by atoms with Gasteiger partial charge in [0.05, 0.1) is 13.2 Å². The predicted octanol–water partition coefficient (Wildman–Crippen LogP) is 3.88. The number of nitrogens with zero attached hydrogens (tertiary/aromatic N) is 2. The van der Waals surface area contributed by atoms with Gasteiger partial charge in [-0.15, -0.1) is 0 Å². The van der Waals surface area contributed by atoms with Crippen LogP contribution in [0.2, 0.25) is 0 Å². The van der Waals surface area contributed by atoms with Gasteiger partial charge < -0.3 is 18.9 Å². The summed E-state index contributed by atoms with van der Waals surface area (Å²) >= 11 is 0. The topological polar surface area (TPSA) is 60.8 Å². The monoisotopic (exact) mass is 452 g/mol. The third-order valence-electron chi connectivity index (χ3n) is 6.27. The van der Waals surface area contributed by atoms with Crippen LogP contribution >= 0.6 is 0 Å². The third kappa shape index (κ3) is 5.09. The Morgan fingerprint density at radius 3 is 2.73 bits per heavy atom. The van der Waals surface area contributed by atoms with Crippen molar-refractivity contribution in [2.75, 3.05) is 20.3 Å². The standard InChI is InChI=1S/C26H29FN2O4/c1-3-33-26(31)15-29-23-11-9-19(27)13-21(23)22-14-20(10-12-24(22)29)28(2)25(30)17-32-16-18-7-5-4-6-8-18/h4-9,11,13,20H,3,10,12,14-17H2,1-2H3/t20-/m0/s1. The summed E-state index contributed by atoms with van der Waals surface area (Å²) in [6.45, 7) is 2.58. The number of aromatic nitrogens is 1. The second-order valence-corrected chi connectivity index (χ2v) is 8.36. The Balaban J connectivity index is 1.49. The first-order valence-electron chi connectivity index (χ1n) is 11.3. The number of hydrogen-bond acceptors (Lipinski definition) is 4. The van der Waals surface area contributed by atoms with Gasteiger partial charge >= 0.3 is 5.97 Å². The molecule has 2 aromatic carbocycles. The smallest absolute Gasteiger partial charge is 0.325 e. The molecular formula is C26H29FN2O4. The Kier molecular flexibility index (Phi) is 7.08. The molecule has 7 heteroatoms. The van der Waals surface area contributed by atoms with E-state index in [1.54, 1.807) is 24.9 Å². The highest BCUT2D eigenvalue weighted by Gasteiger charge is 2.30. The summed E-state index contributed by atoms with van der Waals surface area (Å²) in [6, 6.07) is 14.4.